The molecule has 0 aliphatic carbocycles. The summed E-state index contributed by atoms with van der Waals surface area (Å²) in [5.41, 5.74) is 11.0. The lowest BCUT2D eigenvalue weighted by atomic mass is 10.0. The molecule has 0 spiro atoms. The quantitative estimate of drug-likeness (QED) is 0.0784. The molecule has 2 atom stereocenters. The number of carbonyl (C=O) groups is 3. The van der Waals surface area contributed by atoms with Crippen molar-refractivity contribution >= 4 is 35.1 Å². The SMILES string of the molecule is CCNCCCC(=O)N(C(=O)[C@@H]1CCCN1)[C@@H](CCCN=C(N)N)C(=O)Nc1ccc([N+](=O)[O-])cc1. The van der Waals surface area contributed by atoms with Crippen LogP contribution in [0.1, 0.15) is 45.4 Å². The summed E-state index contributed by atoms with van der Waals surface area (Å²) in [7, 11) is 0. The lowest BCUT2D eigenvalue weighted by Crippen LogP contribution is -2.55. The van der Waals surface area contributed by atoms with Gasteiger partial charge in [-0.25, -0.2) is 0 Å². The van der Waals surface area contributed by atoms with Gasteiger partial charge in [-0.05, 0) is 63.9 Å². The van der Waals surface area contributed by atoms with Crippen LogP contribution in [-0.2, 0) is 14.4 Å². The fourth-order valence-electron chi connectivity index (χ4n) is 3.94. The number of nitrogens with two attached hydrogens (primary N) is 2. The number of hydrogen-bond donors (Lipinski definition) is 5. The van der Waals surface area contributed by atoms with Crippen LogP contribution in [0.25, 0.3) is 0 Å². The van der Waals surface area contributed by atoms with Crippen LogP contribution in [0.3, 0.4) is 0 Å². The summed E-state index contributed by atoms with van der Waals surface area (Å²) in [5.74, 6) is -1.53. The minimum atomic E-state index is -1.10. The first-order valence-corrected chi connectivity index (χ1v) is 12.1. The molecule has 1 aliphatic heterocycles. The van der Waals surface area contributed by atoms with Crippen molar-refractivity contribution in [3.05, 3.63) is 34.4 Å². The molecule has 13 nitrogen and oxygen atoms in total. The van der Waals surface area contributed by atoms with E-state index in [0.717, 1.165) is 17.9 Å². The van der Waals surface area contributed by atoms with Gasteiger partial charge in [0.15, 0.2) is 5.96 Å². The summed E-state index contributed by atoms with van der Waals surface area (Å²) in [6.07, 6.45) is 2.48. The molecule has 0 bridgehead atoms. The Kier molecular flexibility index (Phi) is 11.7. The van der Waals surface area contributed by atoms with Crippen molar-refractivity contribution in [3.8, 4) is 0 Å². The van der Waals surface area contributed by atoms with E-state index in [1.54, 1.807) is 0 Å². The van der Waals surface area contributed by atoms with Gasteiger partial charge in [-0.15, -0.1) is 0 Å². The van der Waals surface area contributed by atoms with Gasteiger partial charge in [-0.3, -0.25) is 34.4 Å². The Hall–Kier alpha value is -3.58. The van der Waals surface area contributed by atoms with E-state index in [1.165, 1.54) is 24.3 Å². The van der Waals surface area contributed by atoms with Crippen LogP contribution >= 0.6 is 0 Å². The molecule has 13 heteroatoms. The molecule has 198 valence electrons. The highest BCUT2D eigenvalue weighted by Gasteiger charge is 2.38. The van der Waals surface area contributed by atoms with Gasteiger partial charge in [0.2, 0.25) is 17.7 Å². The second kappa shape index (κ2) is 14.7. The van der Waals surface area contributed by atoms with Gasteiger partial charge in [-0.2, -0.15) is 0 Å². The van der Waals surface area contributed by atoms with Crippen molar-refractivity contribution in [2.24, 2.45) is 16.5 Å². The van der Waals surface area contributed by atoms with Gasteiger partial charge >= 0.3 is 0 Å². The van der Waals surface area contributed by atoms with Gasteiger partial charge in [0.25, 0.3) is 5.69 Å². The van der Waals surface area contributed by atoms with Gasteiger partial charge in [0.05, 0.1) is 11.0 Å². The Morgan fingerprint density at radius 3 is 2.56 bits per heavy atom. The van der Waals surface area contributed by atoms with Crippen LogP contribution in [0.2, 0.25) is 0 Å². The normalized spacial score (nSPS) is 15.6. The predicted octanol–water partition coefficient (Wildman–Crippen LogP) is 0.452. The summed E-state index contributed by atoms with van der Waals surface area (Å²) < 4.78 is 0. The predicted molar refractivity (Wildman–Crippen MR) is 136 cm³/mol. The number of aliphatic imine (C=N–C) groups is 1. The van der Waals surface area contributed by atoms with E-state index in [1.807, 2.05) is 6.92 Å². The van der Waals surface area contributed by atoms with E-state index < -0.39 is 34.7 Å². The van der Waals surface area contributed by atoms with E-state index in [9.17, 15) is 24.5 Å². The van der Waals surface area contributed by atoms with Crippen LogP contribution < -0.4 is 27.4 Å². The molecule has 0 saturated carbocycles. The average Bonchev–Trinajstić information content (AvgIpc) is 3.38. The smallest absolute Gasteiger partial charge is 0.269 e. The topological polar surface area (TPSA) is 198 Å². The van der Waals surface area contributed by atoms with E-state index in [0.29, 0.717) is 38.0 Å². The molecule has 1 aromatic rings. The molecule has 1 aliphatic rings. The third-order valence-corrected chi connectivity index (χ3v) is 5.75. The van der Waals surface area contributed by atoms with Crippen molar-refractivity contribution < 1.29 is 19.3 Å². The molecule has 1 fully saturated rings. The molecule has 1 heterocycles. The van der Waals surface area contributed by atoms with Gasteiger partial charge in [-0.1, -0.05) is 6.92 Å². The van der Waals surface area contributed by atoms with Crippen LogP contribution in [0, 0.1) is 10.1 Å². The Balaban J connectivity index is 2.29. The van der Waals surface area contributed by atoms with Crippen molar-refractivity contribution in [2.75, 3.05) is 31.5 Å². The zero-order valence-electron chi connectivity index (χ0n) is 20.6. The van der Waals surface area contributed by atoms with E-state index in [-0.39, 0.29) is 31.0 Å². The maximum absolute atomic E-state index is 13.4. The van der Waals surface area contributed by atoms with Gasteiger partial charge in [0, 0.05) is 30.8 Å². The maximum atomic E-state index is 13.4. The summed E-state index contributed by atoms with van der Waals surface area (Å²) in [5, 5.41) is 19.9. The van der Waals surface area contributed by atoms with Crippen molar-refractivity contribution in [2.45, 2.75) is 57.5 Å². The van der Waals surface area contributed by atoms with E-state index in [2.05, 4.69) is 20.9 Å². The zero-order valence-corrected chi connectivity index (χ0v) is 20.6. The molecule has 2 rings (SSSR count). The third kappa shape index (κ3) is 8.89. The highest BCUT2D eigenvalue weighted by molar-refractivity contribution is 6.05. The van der Waals surface area contributed by atoms with Gasteiger partial charge < -0.3 is 27.4 Å². The van der Waals surface area contributed by atoms with Gasteiger partial charge in [0.1, 0.15) is 6.04 Å². The molecular weight excluding hydrogens is 468 g/mol. The van der Waals surface area contributed by atoms with E-state index >= 15 is 0 Å². The number of hydrogen-bond acceptors (Lipinski definition) is 8. The molecule has 0 radical (unpaired) electrons. The number of non-ortho nitro benzene ring substituents is 1. The number of nitro groups is 1. The first-order chi connectivity index (χ1) is 17.2. The lowest BCUT2D eigenvalue weighted by molar-refractivity contribution is -0.384. The second-order valence-corrected chi connectivity index (χ2v) is 8.47. The van der Waals surface area contributed by atoms with Crippen LogP contribution in [-0.4, -0.2) is 71.8 Å². The number of nitrogens with one attached hydrogen (secondary N) is 3. The Morgan fingerprint density at radius 2 is 1.97 bits per heavy atom. The van der Waals surface area contributed by atoms with Crippen molar-refractivity contribution in [1.29, 1.82) is 0 Å². The fourth-order valence-corrected chi connectivity index (χ4v) is 3.94. The first-order valence-electron chi connectivity index (χ1n) is 12.1. The second-order valence-electron chi connectivity index (χ2n) is 8.47. The molecule has 0 aromatic heterocycles. The summed E-state index contributed by atoms with van der Waals surface area (Å²) in [6.45, 7) is 4.20. The largest absolute Gasteiger partial charge is 0.370 e. The van der Waals surface area contributed by atoms with Crippen LogP contribution in [0.15, 0.2) is 29.3 Å². The molecular formula is C23H36N8O5. The number of guanidine groups is 1. The molecule has 7 N–H and O–H groups in total. The zero-order chi connectivity index (χ0) is 26.5. The Morgan fingerprint density at radius 1 is 1.25 bits per heavy atom. The summed E-state index contributed by atoms with van der Waals surface area (Å²) in [6, 6.07) is 3.68. The molecule has 3 amide bonds. The number of carbonyl (C=O) groups excluding carboxylic acids is 3. The Bertz CT molecular complexity index is 927. The first kappa shape index (κ1) is 28.7. The molecule has 0 unspecified atom stereocenters. The Labute approximate surface area is 210 Å². The molecule has 1 saturated heterocycles. The van der Waals surface area contributed by atoms with Crippen molar-refractivity contribution in [1.82, 2.24) is 15.5 Å². The minimum absolute atomic E-state index is 0.0931. The third-order valence-electron chi connectivity index (χ3n) is 5.75. The number of amides is 3. The highest BCUT2D eigenvalue weighted by atomic mass is 16.6. The summed E-state index contributed by atoms with van der Waals surface area (Å²) >= 11 is 0. The standard InChI is InChI=1S/C23H36N8O5/c1-2-26-13-5-8-20(32)30(22(34)18-6-3-14-27-18)19(7-4-15-28-23(24)25)21(33)29-16-9-11-17(12-10-16)31(35)36/h9-12,18-19,26-27H,2-8,13-15H2,1H3,(H,29,33)(H4,24,25,28)/t18-,19-/m0/s1. The molecule has 1 aromatic carbocycles. The lowest BCUT2D eigenvalue weighted by Gasteiger charge is -2.31. The fraction of sp³-hybridized carbons (Fsp3) is 0.565. The maximum Gasteiger partial charge on any atom is 0.269 e. The number of nitrogens with zero attached hydrogens (tertiary/aromatic N) is 3. The van der Waals surface area contributed by atoms with Crippen LogP contribution in [0.4, 0.5) is 11.4 Å². The monoisotopic (exact) mass is 504 g/mol. The number of imide groups is 1. The number of rotatable bonds is 14. The van der Waals surface area contributed by atoms with Crippen molar-refractivity contribution in [3.63, 3.8) is 0 Å². The number of nitro benzene ring substituents is 1. The molecule has 36 heavy (non-hydrogen) atoms. The summed E-state index contributed by atoms with van der Waals surface area (Å²) in [4.78, 5) is 55.5. The highest BCUT2D eigenvalue weighted by Crippen LogP contribution is 2.20. The number of benzene rings is 1. The average molecular weight is 505 g/mol. The minimum Gasteiger partial charge on any atom is -0.370 e. The van der Waals surface area contributed by atoms with E-state index in [4.69, 9.17) is 11.5 Å². The number of anilines is 1. The van der Waals surface area contributed by atoms with Crippen LogP contribution in [0.5, 0.6) is 0 Å².